The molecule has 0 spiro atoms. The second-order valence-electron chi connectivity index (χ2n) is 7.02. The molecule has 0 aliphatic carbocycles. The van der Waals surface area contributed by atoms with Crippen molar-refractivity contribution < 1.29 is 9.57 Å². The first-order valence-electron chi connectivity index (χ1n) is 10.1. The van der Waals surface area contributed by atoms with E-state index in [0.717, 1.165) is 40.0 Å². The summed E-state index contributed by atoms with van der Waals surface area (Å²) in [6, 6.07) is 14.4. The summed E-state index contributed by atoms with van der Waals surface area (Å²) >= 11 is 5.49. The largest absolute Gasteiger partial charge is 0.488 e. The molecule has 1 unspecified atom stereocenters. The Morgan fingerprint density at radius 3 is 2.63 bits per heavy atom. The number of ether oxygens (including phenoxy) is 1. The molecule has 162 valence electrons. The number of hydrogen-bond acceptors (Lipinski definition) is 5. The monoisotopic (exact) mass is 491 g/mol. The first-order chi connectivity index (χ1) is 14.6. The lowest BCUT2D eigenvalue weighted by molar-refractivity contribution is -0.165. The molecule has 0 radical (unpaired) electrons. The SMILES string of the molecule is CCSC.CON1CCc2c([nH]c3cc(Br)c(OCc4ccccc4)cc23)C1CN. The Balaban J connectivity index is 0.000000589. The minimum Gasteiger partial charge on any atom is -0.488 e. The van der Waals surface area contributed by atoms with Crippen molar-refractivity contribution in [2.24, 2.45) is 5.73 Å². The Hall–Kier alpha value is -1.51. The first kappa shape index (κ1) is 23.2. The van der Waals surface area contributed by atoms with Gasteiger partial charge in [0, 0.05) is 29.7 Å². The third-order valence-electron chi connectivity index (χ3n) is 5.24. The van der Waals surface area contributed by atoms with Crippen molar-refractivity contribution in [3.8, 4) is 5.75 Å². The average Bonchev–Trinajstić information content (AvgIpc) is 3.14. The van der Waals surface area contributed by atoms with Gasteiger partial charge in [0.15, 0.2) is 0 Å². The minimum atomic E-state index is 0.0450. The van der Waals surface area contributed by atoms with Gasteiger partial charge in [-0.2, -0.15) is 16.8 Å². The number of nitrogens with two attached hydrogens (primary N) is 1. The molecule has 1 aliphatic heterocycles. The van der Waals surface area contributed by atoms with Crippen LogP contribution in [-0.4, -0.2) is 42.3 Å². The quantitative estimate of drug-likeness (QED) is 0.489. The van der Waals surface area contributed by atoms with E-state index in [1.165, 1.54) is 16.7 Å². The fourth-order valence-corrected chi connectivity index (χ4v) is 4.11. The minimum absolute atomic E-state index is 0.0450. The maximum absolute atomic E-state index is 6.07. The molecule has 0 saturated heterocycles. The highest BCUT2D eigenvalue weighted by Gasteiger charge is 2.30. The Morgan fingerprint density at radius 1 is 1.27 bits per heavy atom. The molecule has 3 aromatic rings. The van der Waals surface area contributed by atoms with Crippen LogP contribution >= 0.6 is 27.7 Å². The number of fused-ring (bicyclic) bond motifs is 3. The molecule has 0 fully saturated rings. The van der Waals surface area contributed by atoms with Gasteiger partial charge in [-0.15, -0.1) is 0 Å². The highest BCUT2D eigenvalue weighted by atomic mass is 79.9. The number of H-pyrrole nitrogens is 1. The number of nitrogens with one attached hydrogen (secondary N) is 1. The van der Waals surface area contributed by atoms with Crippen molar-refractivity contribution in [2.75, 3.05) is 32.2 Å². The topological polar surface area (TPSA) is 63.5 Å². The normalized spacial score (nSPS) is 16.1. The predicted molar refractivity (Wildman–Crippen MR) is 130 cm³/mol. The third kappa shape index (κ3) is 5.21. The second kappa shape index (κ2) is 11.2. The first-order valence-corrected chi connectivity index (χ1v) is 12.3. The predicted octanol–water partition coefficient (Wildman–Crippen LogP) is 5.30. The summed E-state index contributed by atoms with van der Waals surface area (Å²) in [5, 5.41) is 3.14. The van der Waals surface area contributed by atoms with Gasteiger partial charge in [-0.05, 0) is 57.6 Å². The molecule has 30 heavy (non-hydrogen) atoms. The average molecular weight is 492 g/mol. The van der Waals surface area contributed by atoms with E-state index in [1.807, 2.05) is 35.0 Å². The molecule has 5 nitrogen and oxygen atoms in total. The van der Waals surface area contributed by atoms with Crippen molar-refractivity contribution >= 4 is 38.6 Å². The van der Waals surface area contributed by atoms with Gasteiger partial charge >= 0.3 is 0 Å². The van der Waals surface area contributed by atoms with E-state index in [1.54, 1.807) is 7.11 Å². The van der Waals surface area contributed by atoms with Crippen molar-refractivity contribution in [3.05, 3.63) is 63.8 Å². The van der Waals surface area contributed by atoms with Crippen LogP contribution in [0.3, 0.4) is 0 Å². The second-order valence-corrected chi connectivity index (χ2v) is 9.03. The number of aromatic nitrogens is 1. The van der Waals surface area contributed by atoms with Gasteiger partial charge in [-0.25, -0.2) is 0 Å². The van der Waals surface area contributed by atoms with E-state index in [0.29, 0.717) is 13.2 Å². The van der Waals surface area contributed by atoms with Crippen molar-refractivity contribution in [1.82, 2.24) is 10.0 Å². The molecule has 1 aromatic heterocycles. The Bertz CT molecular complexity index is 947. The van der Waals surface area contributed by atoms with Crippen LogP contribution in [0, 0.1) is 0 Å². The van der Waals surface area contributed by atoms with Crippen LogP contribution in [0.25, 0.3) is 10.9 Å². The number of hydrogen-bond donors (Lipinski definition) is 2. The van der Waals surface area contributed by atoms with Crippen LogP contribution in [-0.2, 0) is 17.9 Å². The molecule has 0 saturated carbocycles. The number of nitrogens with zero attached hydrogens (tertiary/aromatic N) is 1. The van der Waals surface area contributed by atoms with Gasteiger partial charge in [0.25, 0.3) is 0 Å². The zero-order chi connectivity index (χ0) is 21.5. The highest BCUT2D eigenvalue weighted by molar-refractivity contribution is 9.10. The molecule has 2 heterocycles. The highest BCUT2D eigenvalue weighted by Crippen LogP contribution is 2.38. The number of hydroxylamine groups is 2. The molecule has 1 aliphatic rings. The Labute approximate surface area is 191 Å². The van der Waals surface area contributed by atoms with Crippen LogP contribution < -0.4 is 10.5 Å². The summed E-state index contributed by atoms with van der Waals surface area (Å²) < 4.78 is 7.00. The molecular weight excluding hydrogens is 462 g/mol. The molecule has 0 amide bonds. The van der Waals surface area contributed by atoms with Gasteiger partial charge in [-0.3, -0.25) is 0 Å². The molecule has 4 rings (SSSR count). The molecular formula is C23H30BrN3O2S. The van der Waals surface area contributed by atoms with Crippen molar-refractivity contribution in [3.63, 3.8) is 0 Å². The smallest absolute Gasteiger partial charge is 0.134 e. The number of rotatable bonds is 6. The van der Waals surface area contributed by atoms with Gasteiger partial charge < -0.3 is 20.3 Å². The van der Waals surface area contributed by atoms with Gasteiger partial charge in [0.05, 0.1) is 17.6 Å². The summed E-state index contributed by atoms with van der Waals surface area (Å²) in [7, 11) is 1.70. The number of aromatic amines is 1. The van der Waals surface area contributed by atoms with Crippen LogP contribution in [0.5, 0.6) is 5.75 Å². The Kier molecular flexibility index (Phi) is 8.65. The molecule has 0 bridgehead atoms. The molecule has 1 atom stereocenters. The van der Waals surface area contributed by atoms with E-state index in [-0.39, 0.29) is 6.04 Å². The van der Waals surface area contributed by atoms with Crippen LogP contribution in [0.15, 0.2) is 46.9 Å². The zero-order valence-electron chi connectivity index (χ0n) is 17.8. The fraction of sp³-hybridized carbons (Fsp3) is 0.391. The molecule has 2 aromatic carbocycles. The standard InChI is InChI=1S/C20H22BrN3O2.C3H8S/c1-25-24-8-7-14-15-9-19(26-12-13-5-3-2-4-6-13)16(21)10-17(15)23-20(14)18(24)11-22;1-3-4-2/h2-6,9-10,18,23H,7-8,11-12,22H2,1H3;3H2,1-2H3. The number of benzene rings is 2. The lowest BCUT2D eigenvalue weighted by Crippen LogP contribution is -2.38. The van der Waals surface area contributed by atoms with E-state index in [9.17, 15) is 0 Å². The lowest BCUT2D eigenvalue weighted by atomic mass is 9.99. The van der Waals surface area contributed by atoms with Crippen LogP contribution in [0.2, 0.25) is 0 Å². The van der Waals surface area contributed by atoms with Gasteiger partial charge in [-0.1, -0.05) is 37.3 Å². The lowest BCUT2D eigenvalue weighted by Gasteiger charge is -2.32. The molecule has 7 heteroatoms. The van der Waals surface area contributed by atoms with E-state index in [4.69, 9.17) is 15.3 Å². The van der Waals surface area contributed by atoms with Crippen molar-refractivity contribution in [1.29, 1.82) is 0 Å². The van der Waals surface area contributed by atoms with Crippen LogP contribution in [0.4, 0.5) is 0 Å². The third-order valence-corrected chi connectivity index (χ3v) is 6.44. The number of halogens is 1. The van der Waals surface area contributed by atoms with Crippen LogP contribution in [0.1, 0.15) is 29.8 Å². The van der Waals surface area contributed by atoms with E-state index < -0.39 is 0 Å². The van der Waals surface area contributed by atoms with E-state index >= 15 is 0 Å². The summed E-state index contributed by atoms with van der Waals surface area (Å²) in [6.45, 7) is 4.02. The van der Waals surface area contributed by atoms with Gasteiger partial charge in [0.2, 0.25) is 0 Å². The maximum atomic E-state index is 6.07. The zero-order valence-corrected chi connectivity index (χ0v) is 20.2. The summed E-state index contributed by atoms with van der Waals surface area (Å²) in [5.74, 6) is 2.08. The number of thioether (sulfide) groups is 1. The van der Waals surface area contributed by atoms with Gasteiger partial charge in [0.1, 0.15) is 12.4 Å². The maximum Gasteiger partial charge on any atom is 0.134 e. The van der Waals surface area contributed by atoms with E-state index in [2.05, 4.69) is 58.4 Å². The summed E-state index contributed by atoms with van der Waals surface area (Å²) in [4.78, 5) is 9.02. The van der Waals surface area contributed by atoms with Crippen molar-refractivity contribution in [2.45, 2.75) is 26.0 Å². The molecule has 3 N–H and O–H groups in total. The summed E-state index contributed by atoms with van der Waals surface area (Å²) in [5.41, 5.74) is 10.7. The Morgan fingerprint density at radius 2 is 2.00 bits per heavy atom. The fourth-order valence-electron chi connectivity index (χ4n) is 3.65. The summed E-state index contributed by atoms with van der Waals surface area (Å²) in [6.07, 6.45) is 3.01.